The molecule has 1 aromatic heterocycles. The number of likely N-dealkylation sites (N-methyl/N-ethyl adjacent to an activating group) is 1. The summed E-state index contributed by atoms with van der Waals surface area (Å²) in [5.74, 6) is 2.80. The molecule has 3 atom stereocenters. The number of alkyl halides is 1. The maximum Gasteiger partial charge on any atom is 0.219 e. The molecule has 0 spiro atoms. The number of ether oxygens (including phenoxy) is 1. The van der Waals surface area contributed by atoms with Crippen LogP contribution >= 0.6 is 11.6 Å². The van der Waals surface area contributed by atoms with E-state index in [0.717, 1.165) is 0 Å². The van der Waals surface area contributed by atoms with Crippen molar-refractivity contribution >= 4 is 11.6 Å². The molecule has 1 fully saturated rings. The van der Waals surface area contributed by atoms with Gasteiger partial charge in [0.05, 0.1) is 0 Å². The smallest absolute Gasteiger partial charge is 0.219 e. The first-order chi connectivity index (χ1) is 8.99. The lowest BCUT2D eigenvalue weighted by atomic mass is 10.1. The van der Waals surface area contributed by atoms with E-state index in [1.807, 2.05) is 18.9 Å². The van der Waals surface area contributed by atoms with Crippen molar-refractivity contribution in [3.8, 4) is 18.2 Å². The molecule has 4 nitrogen and oxygen atoms in total. The highest BCUT2D eigenvalue weighted by atomic mass is 35.5. The lowest BCUT2D eigenvalue weighted by molar-refractivity contribution is 0.116. The third-order valence-electron chi connectivity index (χ3n) is 3.20. The molecule has 2 rings (SSSR count). The fraction of sp³-hybridized carbons (Fsp3) is 0.538. The molecular formula is C13H15ClFN3O. The average molecular weight is 284 g/mol. The second kappa shape index (κ2) is 5.72. The van der Waals surface area contributed by atoms with Crippen LogP contribution in [0.25, 0.3) is 0 Å². The first-order valence-corrected chi connectivity index (χ1v) is 6.39. The SMILES string of the molecule is C#Cc1nc(Cl)cc(O[C@@H](C)[C@@H]2C[C@H](F)CN2C)n1. The quantitative estimate of drug-likeness (QED) is 0.627. The fourth-order valence-corrected chi connectivity index (χ4v) is 2.48. The van der Waals surface area contributed by atoms with Crippen LogP contribution in [0.5, 0.6) is 5.88 Å². The lowest BCUT2D eigenvalue weighted by Gasteiger charge is -2.25. The Morgan fingerprint density at radius 1 is 1.63 bits per heavy atom. The van der Waals surface area contributed by atoms with E-state index in [-0.39, 0.29) is 23.1 Å². The molecule has 0 N–H and O–H groups in total. The van der Waals surface area contributed by atoms with Gasteiger partial charge in [-0.05, 0) is 26.3 Å². The van der Waals surface area contributed by atoms with Crippen molar-refractivity contribution in [3.63, 3.8) is 0 Å². The predicted molar refractivity (Wildman–Crippen MR) is 71.0 cm³/mol. The van der Waals surface area contributed by atoms with Gasteiger partial charge < -0.3 is 4.74 Å². The standard InChI is InChI=1S/C13H15ClFN3O/c1-4-12-16-11(14)6-13(17-12)19-8(2)10-5-9(15)7-18(10)3/h1,6,8-10H,5,7H2,2-3H3/t8-,9-,10-/m0/s1. The molecule has 1 aliphatic rings. The zero-order chi connectivity index (χ0) is 14.0. The molecule has 0 aliphatic carbocycles. The number of hydrogen-bond acceptors (Lipinski definition) is 4. The molecule has 0 bridgehead atoms. The van der Waals surface area contributed by atoms with Crippen LogP contribution in [0.2, 0.25) is 5.15 Å². The van der Waals surface area contributed by atoms with Gasteiger partial charge in [0.25, 0.3) is 0 Å². The summed E-state index contributed by atoms with van der Waals surface area (Å²) < 4.78 is 19.0. The molecule has 1 saturated heterocycles. The van der Waals surface area contributed by atoms with Gasteiger partial charge in [0.2, 0.25) is 11.7 Å². The third-order valence-corrected chi connectivity index (χ3v) is 3.39. The number of hydrogen-bond donors (Lipinski definition) is 0. The first kappa shape index (κ1) is 14.0. The van der Waals surface area contributed by atoms with Crippen LogP contribution in [-0.4, -0.2) is 46.8 Å². The summed E-state index contributed by atoms with van der Waals surface area (Å²) >= 11 is 5.83. The Hall–Kier alpha value is -1.38. The van der Waals surface area contributed by atoms with Crippen molar-refractivity contribution < 1.29 is 9.13 Å². The van der Waals surface area contributed by atoms with E-state index >= 15 is 0 Å². The molecule has 1 aromatic rings. The Balaban J connectivity index is 2.09. The monoisotopic (exact) mass is 283 g/mol. The minimum absolute atomic E-state index is 0.0121. The van der Waals surface area contributed by atoms with Gasteiger partial charge in [-0.2, -0.15) is 4.98 Å². The summed E-state index contributed by atoms with van der Waals surface area (Å²) in [5.41, 5.74) is 0. The van der Waals surface area contributed by atoms with Gasteiger partial charge >= 0.3 is 0 Å². The lowest BCUT2D eigenvalue weighted by Crippen LogP contribution is -2.38. The molecule has 2 heterocycles. The van der Waals surface area contributed by atoms with Crippen molar-refractivity contribution in [1.29, 1.82) is 0 Å². The molecular weight excluding hydrogens is 269 g/mol. The zero-order valence-corrected chi connectivity index (χ0v) is 11.6. The Labute approximate surface area is 116 Å². The van der Waals surface area contributed by atoms with Crippen molar-refractivity contribution in [2.24, 2.45) is 0 Å². The van der Waals surface area contributed by atoms with Gasteiger partial charge in [0.1, 0.15) is 17.4 Å². The Morgan fingerprint density at radius 3 is 2.95 bits per heavy atom. The topological polar surface area (TPSA) is 38.2 Å². The van der Waals surface area contributed by atoms with Crippen LogP contribution in [-0.2, 0) is 0 Å². The largest absolute Gasteiger partial charge is 0.473 e. The predicted octanol–water partition coefficient (Wildman–Crippen LogP) is 1.92. The van der Waals surface area contributed by atoms with E-state index in [1.165, 1.54) is 6.07 Å². The van der Waals surface area contributed by atoms with Crippen LogP contribution in [0.1, 0.15) is 19.2 Å². The Morgan fingerprint density at radius 2 is 2.37 bits per heavy atom. The summed E-state index contributed by atoms with van der Waals surface area (Å²) in [5, 5.41) is 0.230. The highest BCUT2D eigenvalue weighted by Gasteiger charge is 2.34. The maximum absolute atomic E-state index is 13.3. The van der Waals surface area contributed by atoms with Crippen LogP contribution in [0.4, 0.5) is 4.39 Å². The zero-order valence-electron chi connectivity index (χ0n) is 10.8. The molecule has 1 aliphatic heterocycles. The van der Waals surface area contributed by atoms with Crippen LogP contribution in [0, 0.1) is 12.3 Å². The Bertz CT molecular complexity index is 505. The van der Waals surface area contributed by atoms with Crippen molar-refractivity contribution in [1.82, 2.24) is 14.9 Å². The summed E-state index contributed by atoms with van der Waals surface area (Å²) in [6, 6.07) is 1.51. The number of aromatic nitrogens is 2. The maximum atomic E-state index is 13.3. The molecule has 0 radical (unpaired) electrons. The highest BCUT2D eigenvalue weighted by molar-refractivity contribution is 6.29. The van der Waals surface area contributed by atoms with E-state index in [0.29, 0.717) is 18.8 Å². The fourth-order valence-electron chi connectivity index (χ4n) is 2.31. The van der Waals surface area contributed by atoms with E-state index in [4.69, 9.17) is 22.8 Å². The number of likely N-dealkylation sites (tertiary alicyclic amines) is 1. The van der Waals surface area contributed by atoms with Gasteiger partial charge in [0.15, 0.2) is 0 Å². The van der Waals surface area contributed by atoms with Crippen molar-refractivity contribution in [3.05, 3.63) is 17.0 Å². The summed E-state index contributed by atoms with van der Waals surface area (Å²) in [6.07, 6.45) is 4.68. The Kier molecular flexibility index (Phi) is 4.23. The molecule has 6 heteroatoms. The van der Waals surface area contributed by atoms with Crippen molar-refractivity contribution in [2.75, 3.05) is 13.6 Å². The van der Waals surface area contributed by atoms with E-state index < -0.39 is 6.17 Å². The molecule has 0 unspecified atom stereocenters. The minimum Gasteiger partial charge on any atom is -0.473 e. The minimum atomic E-state index is -0.809. The van der Waals surface area contributed by atoms with Gasteiger partial charge in [-0.1, -0.05) is 11.6 Å². The average Bonchev–Trinajstić information content (AvgIpc) is 2.67. The summed E-state index contributed by atoms with van der Waals surface area (Å²) in [7, 11) is 1.88. The van der Waals surface area contributed by atoms with E-state index in [1.54, 1.807) is 0 Å². The first-order valence-electron chi connectivity index (χ1n) is 6.01. The number of terminal acetylenes is 1. The molecule has 0 aromatic carbocycles. The van der Waals surface area contributed by atoms with Crippen LogP contribution < -0.4 is 4.74 Å². The third kappa shape index (κ3) is 3.34. The van der Waals surface area contributed by atoms with Crippen molar-refractivity contribution in [2.45, 2.75) is 31.7 Å². The molecule has 19 heavy (non-hydrogen) atoms. The molecule has 0 saturated carbocycles. The van der Waals surface area contributed by atoms with E-state index in [2.05, 4.69) is 15.9 Å². The normalized spacial score (nSPS) is 25.0. The van der Waals surface area contributed by atoms with Gasteiger partial charge in [-0.15, -0.1) is 6.42 Å². The second-order valence-electron chi connectivity index (χ2n) is 4.66. The molecule has 0 amide bonds. The second-order valence-corrected chi connectivity index (χ2v) is 5.05. The van der Waals surface area contributed by atoms with E-state index in [9.17, 15) is 4.39 Å². The highest BCUT2D eigenvalue weighted by Crippen LogP contribution is 2.24. The van der Waals surface area contributed by atoms with Gasteiger partial charge in [-0.3, -0.25) is 4.90 Å². The number of nitrogens with zero attached hydrogens (tertiary/aromatic N) is 3. The van der Waals surface area contributed by atoms with Gasteiger partial charge in [0, 0.05) is 18.7 Å². The van der Waals surface area contributed by atoms with Gasteiger partial charge in [-0.25, -0.2) is 9.37 Å². The van der Waals surface area contributed by atoms with Crippen LogP contribution in [0.3, 0.4) is 0 Å². The number of rotatable bonds is 3. The summed E-state index contributed by atoms with van der Waals surface area (Å²) in [6.45, 7) is 2.31. The molecule has 102 valence electrons. The van der Waals surface area contributed by atoms with Crippen LogP contribution in [0.15, 0.2) is 6.07 Å². The summed E-state index contributed by atoms with van der Waals surface area (Å²) in [4.78, 5) is 9.84. The number of halogens is 2.